The fraction of sp³-hybridized carbons (Fsp3) is 0.600. The van der Waals surface area contributed by atoms with Crippen molar-refractivity contribution in [1.82, 2.24) is 5.32 Å². The molecule has 0 radical (unpaired) electrons. The molecule has 2 nitrogen and oxygen atoms in total. The van der Waals surface area contributed by atoms with Crippen molar-refractivity contribution in [3.8, 4) is 0 Å². The van der Waals surface area contributed by atoms with Crippen molar-refractivity contribution in [3.63, 3.8) is 0 Å². The van der Waals surface area contributed by atoms with Crippen LogP contribution in [0.5, 0.6) is 0 Å². The van der Waals surface area contributed by atoms with E-state index in [9.17, 15) is 0 Å². The maximum atomic E-state index is 5.38. The third-order valence-electron chi connectivity index (χ3n) is 0.752. The molecule has 0 fully saturated rings. The van der Waals surface area contributed by atoms with Crippen LogP contribution in [0.25, 0.3) is 0 Å². The van der Waals surface area contributed by atoms with Crippen molar-refractivity contribution in [1.29, 1.82) is 0 Å². The molecular weight excluding hydrogens is 88.1 g/mol. The van der Waals surface area contributed by atoms with Gasteiger partial charge in [-0.15, -0.1) is 0 Å². The Balaban J connectivity index is 3.17. The summed E-state index contributed by atoms with van der Waals surface area (Å²) in [5.41, 5.74) is 6.27. The minimum absolute atomic E-state index is 0.788. The van der Waals surface area contributed by atoms with Crippen LogP contribution in [-0.4, -0.2) is 13.6 Å². The lowest BCUT2D eigenvalue weighted by atomic mass is 10.4. The molecule has 0 heterocycles. The Bertz CT molecular complexity index is 66.5. The molecule has 0 aromatic heterocycles. The van der Waals surface area contributed by atoms with Gasteiger partial charge in [0.1, 0.15) is 0 Å². The topological polar surface area (TPSA) is 38.0 Å². The van der Waals surface area contributed by atoms with Crippen LogP contribution in [0.1, 0.15) is 6.92 Å². The number of likely N-dealkylation sites (N-methyl/N-ethyl adjacent to an activating group) is 1. The zero-order valence-corrected chi connectivity index (χ0v) is 4.86. The average Bonchev–Trinajstić information content (AvgIpc) is 1.68. The summed E-state index contributed by atoms with van der Waals surface area (Å²) in [6.07, 6.45) is 1.89. The first-order chi connectivity index (χ1) is 3.31. The SMILES string of the molecule is CC=C(N)CNC. The maximum absolute atomic E-state index is 5.38. The lowest BCUT2D eigenvalue weighted by Crippen LogP contribution is -2.15. The van der Waals surface area contributed by atoms with Crippen LogP contribution in [0.4, 0.5) is 0 Å². The molecule has 0 saturated heterocycles. The van der Waals surface area contributed by atoms with Gasteiger partial charge >= 0.3 is 0 Å². The predicted octanol–water partition coefficient (Wildman–Crippen LogP) is 0.0683. The van der Waals surface area contributed by atoms with E-state index in [1.807, 2.05) is 20.0 Å². The monoisotopic (exact) mass is 100 g/mol. The van der Waals surface area contributed by atoms with Gasteiger partial charge in [0.2, 0.25) is 0 Å². The van der Waals surface area contributed by atoms with Crippen LogP contribution in [0, 0.1) is 0 Å². The fourth-order valence-electron chi connectivity index (χ4n) is 0.306. The summed E-state index contributed by atoms with van der Waals surface area (Å²) < 4.78 is 0. The van der Waals surface area contributed by atoms with E-state index < -0.39 is 0 Å². The first-order valence-corrected chi connectivity index (χ1v) is 2.36. The van der Waals surface area contributed by atoms with Gasteiger partial charge in [0.15, 0.2) is 0 Å². The highest BCUT2D eigenvalue weighted by atomic mass is 14.8. The largest absolute Gasteiger partial charge is 0.401 e. The lowest BCUT2D eigenvalue weighted by molar-refractivity contribution is 0.869. The molecule has 0 unspecified atom stereocenters. The first kappa shape index (κ1) is 6.50. The van der Waals surface area contributed by atoms with Crippen molar-refractivity contribution >= 4 is 0 Å². The van der Waals surface area contributed by atoms with E-state index in [1.54, 1.807) is 0 Å². The Kier molecular flexibility index (Phi) is 3.42. The van der Waals surface area contributed by atoms with Crippen molar-refractivity contribution < 1.29 is 0 Å². The van der Waals surface area contributed by atoms with Crippen LogP contribution >= 0.6 is 0 Å². The number of nitrogens with one attached hydrogen (secondary N) is 1. The standard InChI is InChI=1S/C5H12N2/c1-3-5(6)4-7-2/h3,7H,4,6H2,1-2H3. The molecule has 0 spiro atoms. The zero-order chi connectivity index (χ0) is 5.70. The minimum Gasteiger partial charge on any atom is -0.401 e. The van der Waals surface area contributed by atoms with E-state index in [0.717, 1.165) is 12.2 Å². The predicted molar refractivity (Wildman–Crippen MR) is 31.9 cm³/mol. The summed E-state index contributed by atoms with van der Waals surface area (Å²) in [5.74, 6) is 0. The van der Waals surface area contributed by atoms with Gasteiger partial charge < -0.3 is 11.1 Å². The van der Waals surface area contributed by atoms with E-state index >= 15 is 0 Å². The molecule has 0 amide bonds. The molecule has 0 aliphatic rings. The lowest BCUT2D eigenvalue weighted by Gasteiger charge is -1.94. The van der Waals surface area contributed by atoms with Crippen LogP contribution in [0.3, 0.4) is 0 Å². The van der Waals surface area contributed by atoms with Gasteiger partial charge in [-0.3, -0.25) is 0 Å². The van der Waals surface area contributed by atoms with E-state index in [-0.39, 0.29) is 0 Å². The molecule has 0 aromatic carbocycles. The second-order valence-electron chi connectivity index (χ2n) is 1.39. The molecule has 7 heavy (non-hydrogen) atoms. The molecule has 0 aliphatic carbocycles. The van der Waals surface area contributed by atoms with Crippen LogP contribution in [-0.2, 0) is 0 Å². The summed E-state index contributed by atoms with van der Waals surface area (Å²) in [6, 6.07) is 0. The van der Waals surface area contributed by atoms with E-state index in [4.69, 9.17) is 5.73 Å². The normalized spacial score (nSPS) is 12.0. The van der Waals surface area contributed by atoms with Gasteiger partial charge in [-0.25, -0.2) is 0 Å². The Morgan fingerprint density at radius 2 is 2.43 bits per heavy atom. The van der Waals surface area contributed by atoms with Crippen LogP contribution < -0.4 is 11.1 Å². The molecule has 0 rings (SSSR count). The highest BCUT2D eigenvalue weighted by Crippen LogP contribution is 1.74. The zero-order valence-electron chi connectivity index (χ0n) is 4.86. The van der Waals surface area contributed by atoms with E-state index in [2.05, 4.69) is 5.32 Å². The van der Waals surface area contributed by atoms with Crippen molar-refractivity contribution in [3.05, 3.63) is 11.8 Å². The molecule has 0 saturated carbocycles. The molecule has 0 aliphatic heterocycles. The molecular formula is C5H12N2. The number of allylic oxidation sites excluding steroid dienone is 1. The first-order valence-electron chi connectivity index (χ1n) is 2.36. The maximum Gasteiger partial charge on any atom is 0.0346 e. The highest BCUT2D eigenvalue weighted by Gasteiger charge is 1.78. The van der Waals surface area contributed by atoms with Gasteiger partial charge in [-0.1, -0.05) is 6.08 Å². The van der Waals surface area contributed by atoms with Gasteiger partial charge in [0, 0.05) is 12.2 Å². The van der Waals surface area contributed by atoms with Crippen LogP contribution in [0.15, 0.2) is 11.8 Å². The Morgan fingerprint density at radius 1 is 1.86 bits per heavy atom. The second kappa shape index (κ2) is 3.68. The number of hydrogen-bond donors (Lipinski definition) is 2. The average molecular weight is 100 g/mol. The van der Waals surface area contributed by atoms with Gasteiger partial charge in [-0.2, -0.15) is 0 Å². The fourth-order valence-corrected chi connectivity index (χ4v) is 0.306. The van der Waals surface area contributed by atoms with Crippen LogP contribution in [0.2, 0.25) is 0 Å². The molecule has 0 atom stereocenters. The number of nitrogens with two attached hydrogens (primary N) is 1. The summed E-state index contributed by atoms with van der Waals surface area (Å²) in [6.45, 7) is 2.71. The third kappa shape index (κ3) is 3.33. The summed E-state index contributed by atoms with van der Waals surface area (Å²) in [4.78, 5) is 0. The summed E-state index contributed by atoms with van der Waals surface area (Å²) >= 11 is 0. The Morgan fingerprint density at radius 3 is 2.57 bits per heavy atom. The molecule has 3 N–H and O–H groups in total. The quantitative estimate of drug-likeness (QED) is 0.515. The second-order valence-corrected chi connectivity index (χ2v) is 1.39. The van der Waals surface area contributed by atoms with E-state index in [0.29, 0.717) is 0 Å². The van der Waals surface area contributed by atoms with Crippen molar-refractivity contribution in [2.45, 2.75) is 6.92 Å². The minimum atomic E-state index is 0.788. The number of hydrogen-bond acceptors (Lipinski definition) is 2. The molecule has 0 bridgehead atoms. The Hall–Kier alpha value is -0.500. The number of rotatable bonds is 2. The molecule has 2 heteroatoms. The van der Waals surface area contributed by atoms with Gasteiger partial charge in [0.05, 0.1) is 0 Å². The van der Waals surface area contributed by atoms with Gasteiger partial charge in [-0.05, 0) is 14.0 Å². The summed E-state index contributed by atoms with van der Waals surface area (Å²) in [7, 11) is 1.87. The Labute approximate surface area is 44.4 Å². The summed E-state index contributed by atoms with van der Waals surface area (Å²) in [5, 5.41) is 2.93. The molecule has 42 valence electrons. The smallest absolute Gasteiger partial charge is 0.0346 e. The third-order valence-corrected chi connectivity index (χ3v) is 0.752. The van der Waals surface area contributed by atoms with Crippen molar-refractivity contribution in [2.24, 2.45) is 5.73 Å². The molecule has 0 aromatic rings. The van der Waals surface area contributed by atoms with E-state index in [1.165, 1.54) is 0 Å². The highest BCUT2D eigenvalue weighted by molar-refractivity contribution is 4.95. The van der Waals surface area contributed by atoms with Gasteiger partial charge in [0.25, 0.3) is 0 Å². The van der Waals surface area contributed by atoms with Crippen molar-refractivity contribution in [2.75, 3.05) is 13.6 Å².